The molecule has 2 N–H and O–H groups in total. The van der Waals surface area contributed by atoms with Crippen LogP contribution in [0.15, 0.2) is 0 Å². The van der Waals surface area contributed by atoms with Gasteiger partial charge in [0.1, 0.15) is 0 Å². The van der Waals surface area contributed by atoms with Crippen molar-refractivity contribution in [2.45, 2.75) is 63.0 Å². The molecule has 0 heterocycles. The van der Waals surface area contributed by atoms with Crippen molar-refractivity contribution in [3.05, 3.63) is 0 Å². The maximum absolute atomic E-state index is 10.0. The summed E-state index contributed by atoms with van der Waals surface area (Å²) in [6, 6.07) is 0. The summed E-state index contributed by atoms with van der Waals surface area (Å²) in [5.74, 6) is 0. The van der Waals surface area contributed by atoms with E-state index in [9.17, 15) is 9.59 Å². The Hall–Kier alpha value is 0.354. The second-order valence-corrected chi connectivity index (χ2v) is 14.1. The van der Waals surface area contributed by atoms with E-state index in [2.05, 4.69) is 0 Å². The lowest BCUT2D eigenvalue weighted by atomic mass is 9.99. The minimum Gasteiger partial charge on any atom is -0.432 e. The molecular weight excluding hydrogens is 208 g/mol. The molecule has 2 nitrogen and oxygen atoms in total. The van der Waals surface area contributed by atoms with Gasteiger partial charge in [0.25, 0.3) is 0 Å². The van der Waals surface area contributed by atoms with Crippen LogP contribution >= 0.6 is 0 Å². The predicted molar refractivity (Wildman–Crippen MR) is 65.4 cm³/mol. The van der Waals surface area contributed by atoms with Crippen LogP contribution in [0.5, 0.6) is 0 Å². The Morgan fingerprint density at radius 2 is 0.929 bits per heavy atom. The maximum atomic E-state index is 10.0. The van der Waals surface area contributed by atoms with Crippen molar-refractivity contribution in [1.29, 1.82) is 0 Å². The first-order valence-electron chi connectivity index (χ1n) is 5.66. The molecule has 14 heavy (non-hydrogen) atoms. The van der Waals surface area contributed by atoms with E-state index >= 15 is 0 Å². The zero-order valence-electron chi connectivity index (χ0n) is 9.88. The van der Waals surface area contributed by atoms with Crippen molar-refractivity contribution in [1.82, 2.24) is 0 Å². The molecule has 0 atom stereocenters. The first-order valence-corrected chi connectivity index (χ1v) is 11.7. The third-order valence-corrected chi connectivity index (χ3v) is 8.88. The molecule has 0 radical (unpaired) electrons. The van der Waals surface area contributed by atoms with Crippen LogP contribution in [0.25, 0.3) is 0 Å². The average Bonchev–Trinajstić information content (AvgIpc) is 2.01. The second kappa shape index (κ2) is 4.08. The van der Waals surface area contributed by atoms with Crippen molar-refractivity contribution in [2.24, 2.45) is 0 Å². The van der Waals surface area contributed by atoms with Gasteiger partial charge in [-0.3, -0.25) is 0 Å². The summed E-state index contributed by atoms with van der Waals surface area (Å²) in [7, 11) is -3.82. The minimum absolute atomic E-state index is 0.565. The van der Waals surface area contributed by atoms with Gasteiger partial charge in [0, 0.05) is 0 Å². The van der Waals surface area contributed by atoms with Crippen LogP contribution in [0.3, 0.4) is 0 Å². The largest absolute Gasteiger partial charge is 0.432 e. The Bertz CT molecular complexity index is 163. The lowest BCUT2D eigenvalue weighted by Crippen LogP contribution is -2.39. The van der Waals surface area contributed by atoms with E-state index in [-0.39, 0.29) is 0 Å². The molecule has 0 aromatic rings. The Morgan fingerprint density at radius 3 is 1.07 bits per heavy atom. The summed E-state index contributed by atoms with van der Waals surface area (Å²) in [6.45, 7) is 8.16. The normalized spacial score (nSPS) is 30.4. The van der Waals surface area contributed by atoms with Gasteiger partial charge in [0.2, 0.25) is 0 Å². The third-order valence-electron chi connectivity index (χ3n) is 3.73. The lowest BCUT2D eigenvalue weighted by molar-refractivity contribution is 0.403. The van der Waals surface area contributed by atoms with Gasteiger partial charge < -0.3 is 9.59 Å². The first-order chi connectivity index (χ1) is 6.21. The van der Waals surface area contributed by atoms with E-state index in [1.165, 1.54) is 0 Å². The molecule has 0 aromatic carbocycles. The van der Waals surface area contributed by atoms with Gasteiger partial charge in [-0.2, -0.15) is 0 Å². The molecule has 1 fully saturated rings. The lowest BCUT2D eigenvalue weighted by Gasteiger charge is -2.37. The number of hydrogen-bond donors (Lipinski definition) is 2. The molecule has 84 valence electrons. The van der Waals surface area contributed by atoms with Crippen LogP contribution < -0.4 is 0 Å². The quantitative estimate of drug-likeness (QED) is 0.719. The molecular formula is C10H24O2Si2. The zero-order valence-corrected chi connectivity index (χ0v) is 11.9. The van der Waals surface area contributed by atoms with E-state index in [0.717, 1.165) is 25.7 Å². The first kappa shape index (κ1) is 12.4. The molecule has 0 bridgehead atoms. The molecule has 0 amide bonds. The highest BCUT2D eigenvalue weighted by Gasteiger charge is 2.38. The Morgan fingerprint density at radius 1 is 0.714 bits per heavy atom. The van der Waals surface area contributed by atoms with Crippen LogP contribution in [0.1, 0.15) is 25.7 Å². The van der Waals surface area contributed by atoms with Gasteiger partial charge in [0.15, 0.2) is 16.6 Å². The summed E-state index contributed by atoms with van der Waals surface area (Å²) in [5.41, 5.74) is 1.13. The summed E-state index contributed by atoms with van der Waals surface area (Å²) < 4.78 is 0. The molecule has 1 rings (SSSR count). The van der Waals surface area contributed by atoms with Crippen molar-refractivity contribution in [2.75, 3.05) is 0 Å². The molecule has 1 aliphatic carbocycles. The van der Waals surface area contributed by atoms with E-state index in [4.69, 9.17) is 0 Å². The molecule has 0 unspecified atom stereocenters. The molecule has 1 aliphatic rings. The van der Waals surface area contributed by atoms with Crippen LogP contribution in [0, 0.1) is 0 Å². The van der Waals surface area contributed by atoms with E-state index < -0.39 is 16.6 Å². The van der Waals surface area contributed by atoms with Gasteiger partial charge in [-0.15, -0.1) is 0 Å². The Balaban J connectivity index is 2.47. The fourth-order valence-corrected chi connectivity index (χ4v) is 6.00. The third kappa shape index (κ3) is 3.19. The van der Waals surface area contributed by atoms with Gasteiger partial charge >= 0.3 is 0 Å². The van der Waals surface area contributed by atoms with Gasteiger partial charge in [-0.1, -0.05) is 25.7 Å². The average molecular weight is 232 g/mol. The van der Waals surface area contributed by atoms with Gasteiger partial charge in [-0.25, -0.2) is 0 Å². The highest BCUT2D eigenvalue weighted by molar-refractivity contribution is 6.72. The molecule has 0 aliphatic heterocycles. The van der Waals surface area contributed by atoms with Gasteiger partial charge in [0.05, 0.1) is 0 Å². The zero-order chi connectivity index (χ0) is 11.0. The Kier molecular flexibility index (Phi) is 3.62. The monoisotopic (exact) mass is 232 g/mol. The van der Waals surface area contributed by atoms with E-state index in [1.807, 2.05) is 26.2 Å². The molecule has 4 heteroatoms. The maximum Gasteiger partial charge on any atom is 0.185 e. The fraction of sp³-hybridized carbons (Fsp3) is 1.00. The second-order valence-electron chi connectivity index (χ2n) is 5.86. The van der Waals surface area contributed by atoms with Crippen molar-refractivity contribution >= 4 is 16.6 Å². The predicted octanol–water partition coefficient (Wildman–Crippen LogP) is 2.70. The smallest absolute Gasteiger partial charge is 0.185 e. The van der Waals surface area contributed by atoms with Gasteiger partial charge in [-0.05, 0) is 37.3 Å². The SMILES string of the molecule is C[Si](C)(O)C1CCC([Si](C)(C)O)CC1. The minimum atomic E-state index is -1.91. The molecule has 0 spiro atoms. The highest BCUT2D eigenvalue weighted by Crippen LogP contribution is 2.43. The molecule has 1 saturated carbocycles. The van der Waals surface area contributed by atoms with Crippen LogP contribution in [-0.4, -0.2) is 26.2 Å². The fourth-order valence-electron chi connectivity index (χ4n) is 2.51. The summed E-state index contributed by atoms with van der Waals surface area (Å²) in [4.78, 5) is 20.0. The highest BCUT2D eigenvalue weighted by atomic mass is 28.4. The van der Waals surface area contributed by atoms with E-state index in [0.29, 0.717) is 11.1 Å². The van der Waals surface area contributed by atoms with Crippen molar-refractivity contribution in [3.8, 4) is 0 Å². The van der Waals surface area contributed by atoms with Crippen molar-refractivity contribution in [3.63, 3.8) is 0 Å². The summed E-state index contributed by atoms with van der Waals surface area (Å²) in [6.07, 6.45) is 4.55. The van der Waals surface area contributed by atoms with Crippen LogP contribution in [-0.2, 0) is 0 Å². The molecule has 0 aromatic heterocycles. The van der Waals surface area contributed by atoms with Crippen LogP contribution in [0.2, 0.25) is 37.3 Å². The topological polar surface area (TPSA) is 40.5 Å². The standard InChI is InChI=1S/C10H24O2Si2/c1-13(2,11)9-5-7-10(8-6-9)14(3,4)12/h9-12H,5-8H2,1-4H3. The molecule has 0 saturated heterocycles. The number of rotatable bonds is 2. The van der Waals surface area contributed by atoms with Crippen LogP contribution in [0.4, 0.5) is 0 Å². The Labute approximate surface area is 89.6 Å². The van der Waals surface area contributed by atoms with E-state index in [1.54, 1.807) is 0 Å². The summed E-state index contributed by atoms with van der Waals surface area (Å²) in [5, 5.41) is 0. The number of hydrogen-bond acceptors (Lipinski definition) is 2. The van der Waals surface area contributed by atoms with Crippen molar-refractivity contribution < 1.29 is 9.59 Å². The summed E-state index contributed by atoms with van der Waals surface area (Å²) >= 11 is 0.